The van der Waals surface area contributed by atoms with Gasteiger partial charge in [-0.05, 0) is 42.8 Å². The Morgan fingerprint density at radius 1 is 1.44 bits per heavy atom. The number of hydrogen-bond donors (Lipinski definition) is 1. The molecule has 0 saturated carbocycles. The standard InChI is InChI=1S/C11H9ClN2O2/c1-7-8(3-2-6-13-7)14-11(15)9-4-5-10(12)16-9/h2-6H,1H3,(H,14,15). The summed E-state index contributed by atoms with van der Waals surface area (Å²) in [5.74, 6) is -0.170. The minimum absolute atomic E-state index is 0.174. The number of rotatable bonds is 2. The number of aromatic nitrogens is 1. The van der Waals surface area contributed by atoms with Crippen LogP contribution in [-0.2, 0) is 0 Å². The van der Waals surface area contributed by atoms with Crippen LogP contribution in [0.1, 0.15) is 16.2 Å². The van der Waals surface area contributed by atoms with Crippen LogP contribution in [0.15, 0.2) is 34.9 Å². The number of amides is 1. The van der Waals surface area contributed by atoms with Crippen molar-refractivity contribution in [1.29, 1.82) is 0 Å². The minimum atomic E-state index is -0.344. The van der Waals surface area contributed by atoms with Crippen LogP contribution in [0.4, 0.5) is 5.69 Å². The van der Waals surface area contributed by atoms with E-state index >= 15 is 0 Å². The number of carbonyl (C=O) groups excluding carboxylic acids is 1. The third-order valence-electron chi connectivity index (χ3n) is 2.05. The third-order valence-corrected chi connectivity index (χ3v) is 2.26. The van der Waals surface area contributed by atoms with Gasteiger partial charge in [0.15, 0.2) is 11.0 Å². The molecule has 0 aliphatic carbocycles. The fourth-order valence-electron chi connectivity index (χ4n) is 1.24. The number of nitrogens with zero attached hydrogens (tertiary/aromatic N) is 1. The number of hydrogen-bond acceptors (Lipinski definition) is 3. The second-order valence-electron chi connectivity index (χ2n) is 3.19. The van der Waals surface area contributed by atoms with E-state index in [4.69, 9.17) is 16.0 Å². The summed E-state index contributed by atoms with van der Waals surface area (Å²) in [5, 5.41) is 2.87. The number of furan rings is 1. The molecule has 1 amide bonds. The lowest BCUT2D eigenvalue weighted by atomic mass is 10.3. The van der Waals surface area contributed by atoms with Gasteiger partial charge in [0.1, 0.15) is 0 Å². The van der Waals surface area contributed by atoms with Crippen LogP contribution < -0.4 is 5.32 Å². The highest BCUT2D eigenvalue weighted by Crippen LogP contribution is 2.16. The maximum absolute atomic E-state index is 11.7. The van der Waals surface area contributed by atoms with Crippen LogP contribution in [0.2, 0.25) is 5.22 Å². The molecule has 2 heterocycles. The molecule has 0 spiro atoms. The molecule has 0 bridgehead atoms. The van der Waals surface area contributed by atoms with E-state index in [2.05, 4.69) is 10.3 Å². The van der Waals surface area contributed by atoms with Gasteiger partial charge in [0, 0.05) is 6.20 Å². The molecule has 2 aromatic rings. The molecule has 1 N–H and O–H groups in total. The molecule has 2 rings (SSSR count). The van der Waals surface area contributed by atoms with E-state index in [0.29, 0.717) is 5.69 Å². The van der Waals surface area contributed by atoms with Crippen molar-refractivity contribution < 1.29 is 9.21 Å². The highest BCUT2D eigenvalue weighted by Gasteiger charge is 2.11. The maximum Gasteiger partial charge on any atom is 0.291 e. The van der Waals surface area contributed by atoms with Crippen LogP contribution >= 0.6 is 11.6 Å². The maximum atomic E-state index is 11.7. The Morgan fingerprint density at radius 2 is 2.25 bits per heavy atom. The van der Waals surface area contributed by atoms with Gasteiger partial charge in [-0.3, -0.25) is 9.78 Å². The van der Waals surface area contributed by atoms with Crippen LogP contribution in [0.5, 0.6) is 0 Å². The van der Waals surface area contributed by atoms with Gasteiger partial charge in [0.25, 0.3) is 5.91 Å². The fraction of sp³-hybridized carbons (Fsp3) is 0.0909. The van der Waals surface area contributed by atoms with Gasteiger partial charge in [0.05, 0.1) is 11.4 Å². The lowest BCUT2D eigenvalue weighted by molar-refractivity contribution is 0.0996. The average Bonchev–Trinajstić information content (AvgIpc) is 2.68. The monoisotopic (exact) mass is 236 g/mol. The smallest absolute Gasteiger partial charge is 0.291 e. The van der Waals surface area contributed by atoms with E-state index in [1.54, 1.807) is 18.3 Å². The summed E-state index contributed by atoms with van der Waals surface area (Å²) in [6.45, 7) is 1.81. The van der Waals surface area contributed by atoms with E-state index in [9.17, 15) is 4.79 Å². The lowest BCUT2D eigenvalue weighted by Crippen LogP contribution is -2.12. The van der Waals surface area contributed by atoms with Crippen molar-refractivity contribution in [2.24, 2.45) is 0 Å². The number of carbonyl (C=O) groups is 1. The molecule has 0 radical (unpaired) electrons. The Morgan fingerprint density at radius 3 is 2.88 bits per heavy atom. The predicted molar refractivity (Wildman–Crippen MR) is 60.6 cm³/mol. The first-order valence-corrected chi connectivity index (χ1v) is 5.03. The summed E-state index contributed by atoms with van der Waals surface area (Å²) in [5.41, 5.74) is 1.40. The number of nitrogens with one attached hydrogen (secondary N) is 1. The summed E-state index contributed by atoms with van der Waals surface area (Å²) in [4.78, 5) is 15.7. The van der Waals surface area contributed by atoms with Crippen molar-refractivity contribution >= 4 is 23.2 Å². The van der Waals surface area contributed by atoms with Gasteiger partial charge in [0.2, 0.25) is 0 Å². The van der Waals surface area contributed by atoms with E-state index < -0.39 is 0 Å². The molecular formula is C11H9ClN2O2. The number of aryl methyl sites for hydroxylation is 1. The summed E-state index contributed by atoms with van der Waals surface area (Å²) >= 11 is 5.58. The lowest BCUT2D eigenvalue weighted by Gasteiger charge is -2.04. The first-order chi connectivity index (χ1) is 7.66. The number of anilines is 1. The van der Waals surface area contributed by atoms with Gasteiger partial charge in [-0.15, -0.1) is 0 Å². The van der Waals surface area contributed by atoms with Crippen molar-refractivity contribution in [2.45, 2.75) is 6.92 Å². The van der Waals surface area contributed by atoms with Crippen molar-refractivity contribution in [1.82, 2.24) is 4.98 Å². The molecule has 2 aromatic heterocycles. The fourth-order valence-corrected chi connectivity index (χ4v) is 1.38. The van der Waals surface area contributed by atoms with Gasteiger partial charge in [-0.2, -0.15) is 0 Å². The van der Waals surface area contributed by atoms with Crippen LogP contribution in [0, 0.1) is 6.92 Å². The van der Waals surface area contributed by atoms with Crippen molar-refractivity contribution in [3.63, 3.8) is 0 Å². The molecule has 0 fully saturated rings. The zero-order valence-corrected chi connectivity index (χ0v) is 9.28. The summed E-state index contributed by atoms with van der Waals surface area (Å²) in [7, 11) is 0. The minimum Gasteiger partial charge on any atom is -0.440 e. The Labute approximate surface area is 97.2 Å². The zero-order chi connectivity index (χ0) is 11.5. The second kappa shape index (κ2) is 4.37. The molecule has 16 heavy (non-hydrogen) atoms. The highest BCUT2D eigenvalue weighted by molar-refractivity contribution is 6.29. The second-order valence-corrected chi connectivity index (χ2v) is 3.57. The summed E-state index contributed by atoms with van der Waals surface area (Å²) in [6.07, 6.45) is 1.66. The molecule has 0 aliphatic heterocycles. The van der Waals surface area contributed by atoms with Crippen molar-refractivity contribution in [2.75, 3.05) is 5.32 Å². The average molecular weight is 237 g/mol. The first-order valence-electron chi connectivity index (χ1n) is 4.65. The molecule has 0 atom stereocenters. The Hall–Kier alpha value is -1.81. The molecule has 82 valence electrons. The first kappa shape index (κ1) is 10.7. The number of halogens is 1. The SMILES string of the molecule is Cc1ncccc1NC(=O)c1ccc(Cl)o1. The van der Waals surface area contributed by atoms with Gasteiger partial charge >= 0.3 is 0 Å². The van der Waals surface area contributed by atoms with Crippen LogP contribution in [0.25, 0.3) is 0 Å². The van der Waals surface area contributed by atoms with Crippen LogP contribution in [0.3, 0.4) is 0 Å². The third kappa shape index (κ3) is 2.23. The molecule has 0 unspecified atom stereocenters. The summed E-state index contributed by atoms with van der Waals surface area (Å²) < 4.78 is 4.99. The van der Waals surface area contributed by atoms with Crippen molar-refractivity contribution in [3.8, 4) is 0 Å². The van der Waals surface area contributed by atoms with E-state index in [1.165, 1.54) is 12.1 Å². The van der Waals surface area contributed by atoms with Gasteiger partial charge < -0.3 is 9.73 Å². The topological polar surface area (TPSA) is 55.1 Å². The van der Waals surface area contributed by atoms with E-state index in [-0.39, 0.29) is 16.9 Å². The summed E-state index contributed by atoms with van der Waals surface area (Å²) in [6, 6.07) is 6.55. The molecule has 5 heteroatoms. The van der Waals surface area contributed by atoms with E-state index in [0.717, 1.165) is 5.69 Å². The van der Waals surface area contributed by atoms with Gasteiger partial charge in [-0.25, -0.2) is 0 Å². The molecule has 0 aliphatic rings. The van der Waals surface area contributed by atoms with Gasteiger partial charge in [-0.1, -0.05) is 0 Å². The Kier molecular flexibility index (Phi) is 2.92. The Bertz CT molecular complexity index is 522. The molecule has 4 nitrogen and oxygen atoms in total. The zero-order valence-electron chi connectivity index (χ0n) is 8.53. The molecule has 0 saturated heterocycles. The molecule has 0 aromatic carbocycles. The number of pyridine rings is 1. The van der Waals surface area contributed by atoms with E-state index in [1.807, 2.05) is 6.92 Å². The Balaban J connectivity index is 2.17. The molecular weight excluding hydrogens is 228 g/mol. The quantitative estimate of drug-likeness (QED) is 0.872. The predicted octanol–water partition coefficient (Wildman–Crippen LogP) is 2.89. The largest absolute Gasteiger partial charge is 0.440 e. The normalized spacial score (nSPS) is 10.1. The highest BCUT2D eigenvalue weighted by atomic mass is 35.5. The van der Waals surface area contributed by atoms with Crippen molar-refractivity contribution in [3.05, 3.63) is 47.1 Å². The van der Waals surface area contributed by atoms with Crippen LogP contribution in [-0.4, -0.2) is 10.9 Å².